The molecule has 24 nitrogen and oxygen atoms in total. The summed E-state index contributed by atoms with van der Waals surface area (Å²) in [5, 5.41) is 54.2. The highest BCUT2D eigenvalue weighted by Crippen LogP contribution is 2.49. The minimum absolute atomic E-state index is 0.0306. The van der Waals surface area contributed by atoms with Gasteiger partial charge in [0.25, 0.3) is 2.86 Å². The summed E-state index contributed by atoms with van der Waals surface area (Å²) >= 11 is 14.1. The Hall–Kier alpha value is -6.80. The van der Waals surface area contributed by atoms with Crippen LogP contribution in [0.15, 0.2) is 127 Å². The lowest BCUT2D eigenvalue weighted by atomic mass is 9.95. The highest BCUT2D eigenvalue weighted by molar-refractivity contribution is 9.08. The lowest BCUT2D eigenvalue weighted by Crippen LogP contribution is -2.44. The molecule has 3 aliphatic carbocycles. The quantitative estimate of drug-likeness (QED) is 0.00365. The van der Waals surface area contributed by atoms with Crippen LogP contribution in [0.4, 0.5) is 17.1 Å². The van der Waals surface area contributed by atoms with Gasteiger partial charge in [-0.25, -0.2) is 52.4 Å². The van der Waals surface area contributed by atoms with Crippen LogP contribution in [0.5, 0.6) is 40.6 Å². The number of aliphatic imine (C=N–C) groups is 1. The summed E-state index contributed by atoms with van der Waals surface area (Å²) in [5.74, 6) is 9.29. The first-order chi connectivity index (χ1) is 59.7. The van der Waals surface area contributed by atoms with Gasteiger partial charge in [-0.05, 0) is 253 Å². The summed E-state index contributed by atoms with van der Waals surface area (Å²) in [6.45, 7) is 21.3. The number of fused-ring (bicyclic) bond motifs is 6. The van der Waals surface area contributed by atoms with Crippen molar-refractivity contribution in [3.63, 3.8) is 0 Å². The van der Waals surface area contributed by atoms with Gasteiger partial charge in [-0.3, -0.25) is 4.99 Å². The smallest absolute Gasteiger partial charge is 0.293 e. The Morgan fingerprint density at radius 1 is 0.538 bits per heavy atom. The number of anilines is 3. The van der Waals surface area contributed by atoms with E-state index in [4.69, 9.17) is 60.4 Å². The molecule has 0 amide bonds. The molecule has 7 aromatic rings. The van der Waals surface area contributed by atoms with E-state index in [1.54, 1.807) is 43.3 Å². The molecule has 34 heteroatoms. The number of ether oxygens (including phenoxy) is 3. The molecule has 3 aromatic heterocycles. The number of alkyl halides is 1. The zero-order valence-electron chi connectivity index (χ0n) is 76.1. The number of thiol groups is 3. The second kappa shape index (κ2) is 54.0. The first-order valence-corrected chi connectivity index (χ1v) is 45.8. The molecule has 13 rings (SSSR count). The molecule has 3 aliphatic heterocycles. The van der Waals surface area contributed by atoms with Gasteiger partial charge in [0, 0.05) is 44.6 Å². The Balaban J connectivity index is 0.000000253. The van der Waals surface area contributed by atoms with Gasteiger partial charge in [-0.1, -0.05) is 104 Å². The summed E-state index contributed by atoms with van der Waals surface area (Å²) in [7, 11) is 8.56. The number of hydrogen-bond donors (Lipinski definition) is 16. The van der Waals surface area contributed by atoms with Crippen molar-refractivity contribution in [1.29, 1.82) is 8.30 Å². The first-order valence-electron chi connectivity index (χ1n) is 44.0. The number of aryl methyl sites for hydroxylation is 9. The molecule has 15 atom stereocenters. The van der Waals surface area contributed by atoms with Crippen molar-refractivity contribution in [3.8, 4) is 40.6 Å². The number of aromatic nitrogens is 6. The van der Waals surface area contributed by atoms with Crippen molar-refractivity contribution in [3.05, 3.63) is 179 Å². The van der Waals surface area contributed by atoms with Gasteiger partial charge in [0.15, 0.2) is 5.96 Å². The summed E-state index contributed by atoms with van der Waals surface area (Å²) in [6, 6.07) is 30.3. The molecule has 3 fully saturated rings. The third-order valence-corrected chi connectivity index (χ3v) is 22.3. The molecule has 0 bridgehead atoms. The number of phenols is 4. The first kappa shape index (κ1) is 91.4. The molecule has 6 heterocycles. The van der Waals surface area contributed by atoms with Gasteiger partial charge in [0.05, 0.1) is 41.0 Å². The van der Waals surface area contributed by atoms with Gasteiger partial charge in [-0.15, -0.1) is 0 Å². The largest absolute Gasteiger partial charge is 0.508 e. The van der Waals surface area contributed by atoms with Crippen LogP contribution in [0.2, 0.25) is 0 Å². The third kappa shape index (κ3) is 33.1. The van der Waals surface area contributed by atoms with Crippen molar-refractivity contribution in [2.75, 3.05) is 49.3 Å². The standard InChI is InChI=1S/C27H39N5O2.C24H34N6O3.C24H33N3O3.C7H7BrO.C3H7N.3BH4PS/c1-5-7-21-16-20(8-6-15-32(4)17(2)28)24-26(21)34-27-25(31-24)23(29-18(3)30-27)14-11-19-9-12-22(33)13-10-19;1-14-28-19(9-6-15-4-7-18(32)8-5-15)21-23(29-14)33-22-17(10-12-31)13-16(20(22)30-21)3-2-11-27-24(25)26;1-3-5-18-14-17(6-4-13-28)21-23(18)30-24-22(27-21)20(25-15(2)26-24)12-9-16-7-10-19(29)11-8-16;8-5-6-1-3-7(9)4-2-6;1-3(2)4;3*2-1-3/h9-10,12-13,20-21,24,26,31,33H,2,5-8,11,14-16,28H2,1,3-4H3;4-5,7-8,16-17,20,22,30-32H,2-3,6,9-13H2,1H3,(H4,25,26,27);7-8,10-11,17-18,21,23,27-29H,3-6,9,12-14H2,1-2H3;1-4,9H,5H2;1,4H2,2H3;3*1,3H,2H2/t20-,21-,24?,26+;16-,17-,20?,22+;17-,18-,21?,23+;;;;;/m000...../s1/i;;28T;;;3*1D/hT2. The average Bonchev–Trinajstić information content (AvgIpc) is 1.66. The Kier molecular flexibility index (Phi) is 41.5. The van der Waals surface area contributed by atoms with E-state index in [-0.39, 0.29) is 85.1 Å². The van der Waals surface area contributed by atoms with Crippen molar-refractivity contribution in [2.45, 2.75) is 212 Å². The van der Waals surface area contributed by atoms with E-state index in [2.05, 4.69) is 159 Å². The number of allylic oxidation sites excluding steroid dienone is 1. The average molecular weight is 1820 g/mol. The molecular weight excluding hydrogens is 1680 g/mol. The zero-order chi connectivity index (χ0) is 91.8. The molecule has 6 unspecified atom stereocenters. The van der Waals surface area contributed by atoms with Crippen molar-refractivity contribution < 1.29 is 44.9 Å². The second-order valence-corrected chi connectivity index (χ2v) is 34.8. The lowest BCUT2D eigenvalue weighted by molar-refractivity contribution is 0.114. The van der Waals surface area contributed by atoms with E-state index in [9.17, 15) is 15.3 Å². The number of hydrogen-bond acceptors (Lipinski definition) is 25. The third-order valence-electron chi connectivity index (χ3n) is 21.6. The summed E-state index contributed by atoms with van der Waals surface area (Å²) < 4.78 is 59.4. The lowest BCUT2D eigenvalue weighted by Gasteiger charge is -2.35. The predicted octanol–water partition coefficient (Wildman–Crippen LogP) is 13.3. The maximum Gasteiger partial charge on any atom is 0.293 e. The van der Waals surface area contributed by atoms with Crippen molar-refractivity contribution >= 4 is 122 Å². The fourth-order valence-corrected chi connectivity index (χ4v) is 16.7. The highest BCUT2D eigenvalue weighted by atomic mass is 79.9. The Bertz CT molecular complexity index is 4350. The van der Waals surface area contributed by atoms with Crippen LogP contribution in [-0.2, 0) is 43.9 Å². The molecule has 0 saturated heterocycles. The van der Waals surface area contributed by atoms with E-state index >= 15 is 0 Å². The summed E-state index contributed by atoms with van der Waals surface area (Å²) in [4.78, 5) is 34.3. The Morgan fingerprint density at radius 2 is 0.866 bits per heavy atom. The monoisotopic (exact) mass is 1820 g/mol. The van der Waals surface area contributed by atoms with E-state index in [1.807, 2.05) is 93.4 Å². The minimum atomic E-state index is -0.306. The molecule has 0 spiro atoms. The molecule has 4 aromatic carbocycles. The number of rotatable bonds is 31. The zero-order valence-corrected chi connectivity index (χ0v) is 77.9. The second-order valence-electron chi connectivity index (χ2n) is 30.7. The molecule has 119 heavy (non-hydrogen) atoms. The van der Waals surface area contributed by atoms with E-state index < -0.39 is 0 Å². The van der Waals surface area contributed by atoms with Gasteiger partial charge in [0.1, 0.15) is 75.8 Å². The number of nitrogens with one attached hydrogen (secondary N) is 3. The Morgan fingerprint density at radius 3 is 1.18 bits per heavy atom. The topological polar surface area (TPSA) is 382 Å². The molecular formula is C85H132B3BrN15O9P3S3. The van der Waals surface area contributed by atoms with Crippen LogP contribution in [0.25, 0.3) is 0 Å². The number of phenolic OH excluding ortho intramolecular Hbond substituents is 4. The van der Waals surface area contributed by atoms with E-state index in [0.29, 0.717) is 95.6 Å². The van der Waals surface area contributed by atoms with Crippen LogP contribution in [0.3, 0.4) is 0 Å². The molecule has 3 saturated carbocycles. The molecule has 0 radical (unpaired) electrons. The normalized spacial score (nSPS) is 21.1. The SMILES string of the molecule is C=C(C)N.C=C(N)N(C)CCC[C@H]1C[C@H](CCC)[C@H]2Oc3nc(C)nc(CCc4ccc(O)cc4)c3NC12.Cc1nc(CCc2ccc(O)cc2)c2c(n1)O[C@H]1C(N2)[C@@H](CCCN=C(N)N)C[C@@H]1CCO.[2H]B(P)S.[2H]B(P)S.[2H]B(P)S.[3H]OCCC[C@H]1C[C@H](CCC)[C@H]2Oc3nc(C)nc(CCc4ccc(O[3H])cc4)c3NC12.[3H]Oc1ccc(CBr)cc1. The van der Waals surface area contributed by atoms with Gasteiger partial charge >= 0.3 is 0 Å². The highest BCUT2D eigenvalue weighted by Gasteiger charge is 2.50. The van der Waals surface area contributed by atoms with Crippen molar-refractivity contribution in [2.24, 2.45) is 63.4 Å². The maximum absolute atomic E-state index is 9.59. The number of nitrogens with two attached hydrogens (primary N) is 4. The van der Waals surface area contributed by atoms with E-state index in [0.717, 1.165) is 172 Å². The number of guanidine groups is 1. The fourth-order valence-electron chi connectivity index (χ4n) is 16.4. The fraction of sp³-hybridized carbons (Fsp3) is 0.518. The number of aromatic hydroxyl groups is 4. The number of aliphatic hydroxyl groups excluding tert-OH is 2. The van der Waals surface area contributed by atoms with Crippen LogP contribution in [-0.4, -0.2) is 168 Å². The van der Waals surface area contributed by atoms with Crippen molar-refractivity contribution in [1.82, 2.24) is 34.8 Å². The maximum atomic E-state index is 9.59. The predicted molar refractivity (Wildman–Crippen MR) is 517 cm³/mol. The van der Waals surface area contributed by atoms with Gasteiger partial charge in [-0.2, -0.15) is 42.3 Å². The minimum Gasteiger partial charge on any atom is -0.508 e. The van der Waals surface area contributed by atoms with Crippen LogP contribution >= 0.6 is 80.7 Å². The summed E-state index contributed by atoms with van der Waals surface area (Å²) in [6.07, 6.45) is 18.7. The van der Waals surface area contributed by atoms with E-state index in [1.165, 1.54) is 29.5 Å². The molecule has 6 aliphatic rings. The number of aliphatic hydroxyl groups is 2. The van der Waals surface area contributed by atoms with Crippen LogP contribution in [0.1, 0.15) is 167 Å². The van der Waals surface area contributed by atoms with Crippen LogP contribution in [0, 0.1) is 56.3 Å². The number of benzene rings is 4. The van der Waals surface area contributed by atoms with Gasteiger partial charge in [0.2, 0.25) is 37.8 Å². The summed E-state index contributed by atoms with van der Waals surface area (Å²) in [5.41, 5.74) is 32.7. The number of halogens is 1. The molecule has 17 N–H and O–H groups in total. The molecule has 650 valence electrons. The van der Waals surface area contributed by atoms with Gasteiger partial charge < -0.3 is 88.6 Å². The van der Waals surface area contributed by atoms with Crippen LogP contribution < -0.4 is 53.1 Å². The number of nitrogens with zero attached hydrogens (tertiary/aromatic N) is 8. The Labute approximate surface area is 749 Å².